The van der Waals surface area contributed by atoms with Gasteiger partial charge in [0.15, 0.2) is 0 Å². The van der Waals surface area contributed by atoms with E-state index < -0.39 is 0 Å². The first-order chi connectivity index (χ1) is 25.3. The van der Waals surface area contributed by atoms with Gasteiger partial charge >= 0.3 is 5.63 Å². The van der Waals surface area contributed by atoms with Crippen molar-refractivity contribution < 1.29 is 37.4 Å². The first-order valence-corrected chi connectivity index (χ1v) is 18.8. The summed E-state index contributed by atoms with van der Waals surface area (Å²) in [5, 5.41) is 13.6. The van der Waals surface area contributed by atoms with E-state index in [-0.39, 0.29) is 35.4 Å². The highest BCUT2D eigenvalue weighted by Gasteiger charge is 2.24. The third-order valence-corrected chi connectivity index (χ3v) is 10.7. The van der Waals surface area contributed by atoms with Crippen molar-refractivity contribution in [1.82, 2.24) is 24.8 Å². The Balaban J connectivity index is 0.00000481. The first-order valence-electron chi connectivity index (χ1n) is 18.8. The summed E-state index contributed by atoms with van der Waals surface area (Å²) in [5.41, 5.74) is 5.57. The number of halogens is 2. The number of benzene rings is 2. The average Bonchev–Trinajstić information content (AvgIpc) is 3.84. The second kappa shape index (κ2) is 17.4. The van der Waals surface area contributed by atoms with E-state index in [4.69, 9.17) is 4.42 Å². The van der Waals surface area contributed by atoms with Gasteiger partial charge in [-0.3, -0.25) is 4.68 Å². The molecule has 0 atom stereocenters. The number of piperazine rings is 1. The van der Waals surface area contributed by atoms with Gasteiger partial charge in [0.2, 0.25) is 11.2 Å². The van der Waals surface area contributed by atoms with Crippen molar-refractivity contribution in [2.45, 2.75) is 46.2 Å². The maximum atomic E-state index is 15.8. The fourth-order valence-electron chi connectivity index (χ4n) is 7.47. The van der Waals surface area contributed by atoms with Crippen LogP contribution in [0, 0.1) is 5.82 Å². The van der Waals surface area contributed by atoms with E-state index in [0.29, 0.717) is 23.4 Å². The van der Waals surface area contributed by atoms with Gasteiger partial charge in [0.1, 0.15) is 24.1 Å². The lowest BCUT2D eigenvalue weighted by Gasteiger charge is -2.34. The molecule has 2 aliphatic rings. The number of aromatic nitrogens is 4. The predicted octanol–water partition coefficient (Wildman–Crippen LogP) is 2.37. The third kappa shape index (κ3) is 8.84. The monoisotopic (exact) mass is 835 g/mol. The summed E-state index contributed by atoms with van der Waals surface area (Å²) in [6, 6.07) is 13.5. The summed E-state index contributed by atoms with van der Waals surface area (Å²) < 4.78 is 25.6. The van der Waals surface area contributed by atoms with Gasteiger partial charge in [-0.1, -0.05) is 5.21 Å². The maximum absolute atomic E-state index is 15.8. The Morgan fingerprint density at radius 3 is 2.51 bits per heavy atom. The summed E-state index contributed by atoms with van der Waals surface area (Å²) in [6.07, 6.45) is 9.32. The minimum Gasteiger partial charge on any atom is -1.00 e. The SMILES string of the molecule is CCN(CC)c1ccc2cc(/C=C/c3cc(N4CCN(C)CC4)c4cc(F)c(NCc5cn(CCCN6CCCC6)nn5)cc4[n+]3C)c(=O)oc2c1.[I-]. The third-order valence-electron chi connectivity index (χ3n) is 10.7. The predicted molar refractivity (Wildman–Crippen MR) is 207 cm³/mol. The molecule has 2 fully saturated rings. The molecule has 2 aromatic carbocycles. The van der Waals surface area contributed by atoms with Crippen LogP contribution in [0.5, 0.6) is 0 Å². The Labute approximate surface area is 328 Å². The lowest BCUT2D eigenvalue weighted by molar-refractivity contribution is -0.646. The summed E-state index contributed by atoms with van der Waals surface area (Å²) in [6.45, 7) is 14.1. The number of rotatable bonds is 13. The Bertz CT molecular complexity index is 2120. The number of fused-ring (bicyclic) bond motifs is 2. The lowest BCUT2D eigenvalue weighted by Crippen LogP contribution is -3.00. The van der Waals surface area contributed by atoms with Crippen LogP contribution in [0.3, 0.4) is 0 Å². The fraction of sp³-hybridized carbons (Fsp3) is 0.450. The van der Waals surface area contributed by atoms with Crippen molar-refractivity contribution in [2.24, 2.45) is 7.05 Å². The number of likely N-dealkylation sites (N-methyl/N-ethyl adjacent to an activating group) is 1. The van der Waals surface area contributed by atoms with E-state index in [9.17, 15) is 4.79 Å². The Hall–Kier alpha value is -4.08. The second-order valence-electron chi connectivity index (χ2n) is 14.1. The fourth-order valence-corrected chi connectivity index (χ4v) is 7.47. The number of aryl methyl sites for hydroxylation is 2. The van der Waals surface area contributed by atoms with Crippen LogP contribution in [0.25, 0.3) is 34.0 Å². The van der Waals surface area contributed by atoms with Crippen LogP contribution >= 0.6 is 0 Å². The number of nitrogens with one attached hydrogen (secondary N) is 1. The van der Waals surface area contributed by atoms with Gasteiger partial charge < -0.3 is 53.3 Å². The van der Waals surface area contributed by atoms with E-state index in [2.05, 4.69) is 68.3 Å². The summed E-state index contributed by atoms with van der Waals surface area (Å²) in [7, 11) is 4.10. The first kappa shape index (κ1) is 38.6. The Morgan fingerprint density at radius 2 is 1.75 bits per heavy atom. The molecule has 0 saturated carbocycles. The lowest BCUT2D eigenvalue weighted by atomic mass is 10.1. The highest BCUT2D eigenvalue weighted by molar-refractivity contribution is 5.93. The quantitative estimate of drug-likeness (QED) is 0.109. The zero-order valence-electron chi connectivity index (χ0n) is 31.3. The van der Waals surface area contributed by atoms with Crippen molar-refractivity contribution in [1.29, 1.82) is 0 Å². The van der Waals surface area contributed by atoms with Crippen LogP contribution in [0.15, 0.2) is 57.9 Å². The molecule has 13 heteroatoms. The molecule has 53 heavy (non-hydrogen) atoms. The highest BCUT2D eigenvalue weighted by atomic mass is 127. The zero-order valence-corrected chi connectivity index (χ0v) is 33.5. The molecule has 2 aliphatic heterocycles. The molecule has 0 aliphatic carbocycles. The number of hydrogen-bond donors (Lipinski definition) is 1. The van der Waals surface area contributed by atoms with Crippen molar-refractivity contribution in [3.8, 4) is 0 Å². The average molecular weight is 836 g/mol. The summed E-state index contributed by atoms with van der Waals surface area (Å²) in [4.78, 5) is 22.5. The van der Waals surface area contributed by atoms with Crippen LogP contribution in [0.1, 0.15) is 50.1 Å². The number of anilines is 3. The van der Waals surface area contributed by atoms with E-state index in [1.807, 2.05) is 58.9 Å². The number of likely N-dealkylation sites (tertiary alicyclic amines) is 1. The molecule has 282 valence electrons. The molecule has 0 radical (unpaired) electrons. The van der Waals surface area contributed by atoms with Crippen LogP contribution in [-0.2, 0) is 20.1 Å². The minimum absolute atomic E-state index is 0. The molecular weight excluding hydrogens is 784 g/mol. The van der Waals surface area contributed by atoms with Gasteiger partial charge in [0.25, 0.3) is 0 Å². The molecule has 0 spiro atoms. The molecule has 11 nitrogen and oxygen atoms in total. The van der Waals surface area contributed by atoms with E-state index in [0.717, 1.165) is 97.8 Å². The molecule has 0 amide bonds. The molecule has 2 saturated heterocycles. The summed E-state index contributed by atoms with van der Waals surface area (Å²) >= 11 is 0. The summed E-state index contributed by atoms with van der Waals surface area (Å²) in [5.74, 6) is -0.318. The van der Waals surface area contributed by atoms with Gasteiger partial charge in [-0.2, -0.15) is 4.57 Å². The van der Waals surface area contributed by atoms with Gasteiger partial charge in [0, 0.05) is 81.2 Å². The topological polar surface area (TPSA) is 89.8 Å². The number of hydrogen-bond acceptors (Lipinski definition) is 9. The van der Waals surface area contributed by atoms with Crippen molar-refractivity contribution >= 4 is 51.1 Å². The Morgan fingerprint density at radius 1 is 0.981 bits per heavy atom. The van der Waals surface area contributed by atoms with Gasteiger partial charge in [-0.05, 0) is 90.1 Å². The number of pyridine rings is 1. The molecule has 3 aromatic heterocycles. The van der Waals surface area contributed by atoms with E-state index >= 15 is 4.39 Å². The van der Waals surface area contributed by atoms with Crippen LogP contribution in [0.4, 0.5) is 21.5 Å². The van der Waals surface area contributed by atoms with Gasteiger partial charge in [0.05, 0.1) is 35.1 Å². The van der Waals surface area contributed by atoms with Crippen LogP contribution in [-0.4, -0.2) is 90.7 Å². The van der Waals surface area contributed by atoms with Crippen LogP contribution < -0.4 is 49.3 Å². The largest absolute Gasteiger partial charge is 1.00 e. The molecule has 7 rings (SSSR count). The van der Waals surface area contributed by atoms with Crippen molar-refractivity contribution in [3.63, 3.8) is 0 Å². The maximum Gasteiger partial charge on any atom is 0.343 e. The zero-order chi connectivity index (χ0) is 36.2. The second-order valence-corrected chi connectivity index (χ2v) is 14.1. The molecular formula is C40H51FIN9O2. The normalized spacial score (nSPS) is 15.5. The minimum atomic E-state index is -0.389. The molecule has 5 heterocycles. The van der Waals surface area contributed by atoms with Crippen LogP contribution in [0.2, 0.25) is 0 Å². The van der Waals surface area contributed by atoms with Crippen molar-refractivity contribution in [3.05, 3.63) is 81.9 Å². The van der Waals surface area contributed by atoms with Crippen molar-refractivity contribution in [2.75, 3.05) is 81.1 Å². The molecule has 0 bridgehead atoms. The van der Waals surface area contributed by atoms with Gasteiger partial charge in [-0.25, -0.2) is 9.18 Å². The molecule has 5 aromatic rings. The highest BCUT2D eigenvalue weighted by Crippen LogP contribution is 2.31. The van der Waals surface area contributed by atoms with E-state index in [1.165, 1.54) is 25.9 Å². The molecule has 1 N–H and O–H groups in total. The van der Waals surface area contributed by atoms with Gasteiger partial charge in [-0.15, -0.1) is 5.10 Å². The number of nitrogens with zero attached hydrogens (tertiary/aromatic N) is 8. The molecule has 0 unspecified atom stereocenters. The standard InChI is InChI=1S/C40H50FN9O2.HI/c1-5-48(6-2)33-13-10-29-22-30(40(51)52-39(29)24-33)11-12-32-23-38(49-20-18-45(3)19-21-49)34-25-35(41)36(26-37(34)46(32)4)42-27-31-28-50(44-43-31)17-9-16-47-14-7-8-15-47;/h10-13,22-26,28H,5-9,14-21,27H2,1-4H3;1H/b12-11+;. The van der Waals surface area contributed by atoms with E-state index in [1.54, 1.807) is 6.07 Å². The smallest absolute Gasteiger partial charge is 0.343 e. The Kier molecular flexibility index (Phi) is 12.7.